The summed E-state index contributed by atoms with van der Waals surface area (Å²) in [6, 6.07) is 0. The maximum atomic E-state index is 10.3. The highest BCUT2D eigenvalue weighted by atomic mass is 32.1. The summed E-state index contributed by atoms with van der Waals surface area (Å²) in [5.41, 5.74) is 14.0. The number of rotatable bonds is 3. The Kier molecular flexibility index (Phi) is 3.63. The monoisotopic (exact) mass is 322 g/mol. The normalized spacial score (nSPS) is 31.3. The zero-order chi connectivity index (χ0) is 15.9. The first-order valence-electron chi connectivity index (χ1n) is 6.51. The minimum Gasteiger partial charge on any atom is -0.394 e. The lowest BCUT2D eigenvalue weighted by atomic mass is 9.88. The van der Waals surface area contributed by atoms with Gasteiger partial charge in [0, 0.05) is 10.3 Å². The Labute approximate surface area is 129 Å². The number of nitrogens with two attached hydrogens (primary N) is 1. The van der Waals surface area contributed by atoms with Crippen LogP contribution in [0.5, 0.6) is 0 Å². The standard InChI is InChI=1S/C12H14N6O3S/c1-12(17-18-14)9(20)6(2-19)21-10(12)8-7-5(3-22-8)11(13)16-4-15-7/h3-4,6,9-10,19-20H,2H2,1H3,(H2,13,15,16)/t6-,9-,10?,12-/m1/s1. The molecule has 116 valence electrons. The molecule has 1 aliphatic rings. The molecule has 3 heterocycles. The highest BCUT2D eigenvalue weighted by Gasteiger charge is 2.54. The Morgan fingerprint density at radius 3 is 3.05 bits per heavy atom. The third-order valence-corrected chi connectivity index (χ3v) is 4.94. The number of anilines is 1. The largest absolute Gasteiger partial charge is 0.394 e. The van der Waals surface area contributed by atoms with Crippen molar-refractivity contribution < 1.29 is 14.9 Å². The summed E-state index contributed by atoms with van der Waals surface area (Å²) in [7, 11) is 0. The number of azide groups is 1. The zero-order valence-electron chi connectivity index (χ0n) is 11.6. The predicted octanol–water partition coefficient (Wildman–Crippen LogP) is 1.14. The topological polar surface area (TPSA) is 150 Å². The Morgan fingerprint density at radius 1 is 1.59 bits per heavy atom. The van der Waals surface area contributed by atoms with Gasteiger partial charge in [-0.1, -0.05) is 5.11 Å². The molecule has 0 aliphatic carbocycles. The summed E-state index contributed by atoms with van der Waals surface area (Å²) in [4.78, 5) is 11.6. The maximum absolute atomic E-state index is 10.3. The second kappa shape index (κ2) is 5.34. The summed E-state index contributed by atoms with van der Waals surface area (Å²) in [6.45, 7) is 1.21. The van der Waals surface area contributed by atoms with E-state index in [0.717, 1.165) is 0 Å². The van der Waals surface area contributed by atoms with Gasteiger partial charge in [0.25, 0.3) is 0 Å². The van der Waals surface area contributed by atoms with Crippen LogP contribution < -0.4 is 5.73 Å². The summed E-state index contributed by atoms with van der Waals surface area (Å²) in [5.74, 6) is 0.343. The minimum atomic E-state index is -1.25. The molecule has 2 aromatic rings. The van der Waals surface area contributed by atoms with E-state index in [2.05, 4.69) is 20.0 Å². The molecular weight excluding hydrogens is 308 g/mol. The van der Waals surface area contributed by atoms with E-state index in [9.17, 15) is 10.2 Å². The fourth-order valence-corrected chi connectivity index (χ4v) is 3.85. The van der Waals surface area contributed by atoms with Crippen LogP contribution in [-0.4, -0.2) is 44.5 Å². The molecule has 2 aromatic heterocycles. The first-order valence-corrected chi connectivity index (χ1v) is 7.39. The van der Waals surface area contributed by atoms with Crippen LogP contribution in [0.15, 0.2) is 16.8 Å². The molecule has 0 spiro atoms. The number of aliphatic hydroxyl groups excluding tert-OH is 2. The van der Waals surface area contributed by atoms with E-state index in [4.69, 9.17) is 16.0 Å². The van der Waals surface area contributed by atoms with Crippen molar-refractivity contribution in [2.45, 2.75) is 30.8 Å². The van der Waals surface area contributed by atoms with Crippen molar-refractivity contribution in [3.8, 4) is 0 Å². The number of hydrogen-bond acceptors (Lipinski definition) is 8. The van der Waals surface area contributed by atoms with E-state index in [1.807, 2.05) is 0 Å². The number of nitrogens with zero attached hydrogens (tertiary/aromatic N) is 5. The lowest BCUT2D eigenvalue weighted by molar-refractivity contribution is -0.0214. The van der Waals surface area contributed by atoms with Gasteiger partial charge in [-0.2, -0.15) is 0 Å². The number of ether oxygens (including phenoxy) is 1. The number of hydrogen-bond donors (Lipinski definition) is 3. The molecule has 1 fully saturated rings. The lowest BCUT2D eigenvalue weighted by Crippen LogP contribution is -2.41. The third kappa shape index (κ3) is 2.01. The summed E-state index contributed by atoms with van der Waals surface area (Å²) in [5, 5.41) is 25.9. The van der Waals surface area contributed by atoms with Crippen LogP contribution in [0, 0.1) is 0 Å². The molecule has 4 N–H and O–H groups in total. The molecule has 1 aliphatic heterocycles. The summed E-state index contributed by atoms with van der Waals surface area (Å²) >= 11 is 1.33. The molecule has 0 amide bonds. The van der Waals surface area contributed by atoms with Crippen LogP contribution in [-0.2, 0) is 4.74 Å². The molecule has 0 aromatic carbocycles. The van der Waals surface area contributed by atoms with Gasteiger partial charge in [0.15, 0.2) is 0 Å². The molecule has 0 bridgehead atoms. The van der Waals surface area contributed by atoms with E-state index < -0.39 is 23.9 Å². The molecule has 4 atom stereocenters. The van der Waals surface area contributed by atoms with Gasteiger partial charge in [-0.3, -0.25) is 0 Å². The van der Waals surface area contributed by atoms with E-state index in [0.29, 0.717) is 21.6 Å². The summed E-state index contributed by atoms with van der Waals surface area (Å²) in [6.07, 6.45) is -1.35. The SMILES string of the molecule is C[C@]1(N=[N+]=[N-])C(c2scc3c(N)ncnc23)O[C@H](CO)[C@H]1O. The average Bonchev–Trinajstić information content (AvgIpc) is 3.02. The molecule has 0 saturated carbocycles. The Bertz CT molecular complexity index is 760. The van der Waals surface area contributed by atoms with E-state index in [1.54, 1.807) is 12.3 Å². The predicted molar refractivity (Wildman–Crippen MR) is 80.1 cm³/mol. The number of fused-ring (bicyclic) bond motifs is 1. The van der Waals surface area contributed by atoms with Crippen molar-refractivity contribution in [1.29, 1.82) is 0 Å². The van der Waals surface area contributed by atoms with Crippen LogP contribution in [0.2, 0.25) is 0 Å². The molecule has 10 heteroatoms. The highest BCUT2D eigenvalue weighted by Crippen LogP contribution is 2.48. The van der Waals surface area contributed by atoms with Crippen molar-refractivity contribution in [2.24, 2.45) is 5.11 Å². The maximum Gasteiger partial charge on any atom is 0.135 e. The zero-order valence-corrected chi connectivity index (χ0v) is 12.4. The average molecular weight is 322 g/mol. The third-order valence-electron chi connectivity index (χ3n) is 3.92. The number of thiophene rings is 1. The van der Waals surface area contributed by atoms with Crippen molar-refractivity contribution in [2.75, 3.05) is 12.3 Å². The fourth-order valence-electron chi connectivity index (χ4n) is 2.68. The van der Waals surface area contributed by atoms with Gasteiger partial charge in [-0.15, -0.1) is 11.3 Å². The van der Waals surface area contributed by atoms with Gasteiger partial charge < -0.3 is 20.7 Å². The summed E-state index contributed by atoms with van der Waals surface area (Å²) < 4.78 is 5.73. The van der Waals surface area contributed by atoms with Crippen molar-refractivity contribution >= 4 is 28.1 Å². The van der Waals surface area contributed by atoms with Gasteiger partial charge >= 0.3 is 0 Å². The second-order valence-electron chi connectivity index (χ2n) is 5.22. The number of aliphatic hydroxyl groups is 2. The van der Waals surface area contributed by atoms with Crippen LogP contribution in [0.1, 0.15) is 17.9 Å². The molecule has 0 radical (unpaired) electrons. The number of nitrogen functional groups attached to an aromatic ring is 1. The van der Waals surface area contributed by atoms with Crippen molar-refractivity contribution in [3.05, 3.63) is 27.0 Å². The first-order chi connectivity index (χ1) is 10.5. The van der Waals surface area contributed by atoms with E-state index >= 15 is 0 Å². The lowest BCUT2D eigenvalue weighted by Gasteiger charge is -2.26. The molecule has 9 nitrogen and oxygen atoms in total. The number of aromatic nitrogens is 2. The van der Waals surface area contributed by atoms with E-state index in [-0.39, 0.29) is 6.61 Å². The van der Waals surface area contributed by atoms with Crippen LogP contribution >= 0.6 is 11.3 Å². The van der Waals surface area contributed by atoms with Crippen LogP contribution in [0.3, 0.4) is 0 Å². The van der Waals surface area contributed by atoms with Gasteiger partial charge in [0.05, 0.1) is 28.5 Å². The smallest absolute Gasteiger partial charge is 0.135 e. The van der Waals surface area contributed by atoms with E-state index in [1.165, 1.54) is 17.7 Å². The molecule has 1 saturated heterocycles. The van der Waals surface area contributed by atoms with Crippen LogP contribution in [0.25, 0.3) is 21.3 Å². The van der Waals surface area contributed by atoms with Gasteiger partial charge in [0.2, 0.25) is 0 Å². The molecule has 1 unspecified atom stereocenters. The fraction of sp³-hybridized carbons (Fsp3) is 0.500. The first kappa shape index (κ1) is 14.9. The molecule has 3 rings (SSSR count). The quantitative estimate of drug-likeness (QED) is 0.438. The minimum absolute atomic E-state index is 0.343. The Hall–Kier alpha value is -1.97. The Balaban J connectivity index is 2.16. The highest BCUT2D eigenvalue weighted by molar-refractivity contribution is 7.11. The van der Waals surface area contributed by atoms with Gasteiger partial charge in [-0.05, 0) is 12.5 Å². The molecule has 22 heavy (non-hydrogen) atoms. The Morgan fingerprint density at radius 2 is 2.36 bits per heavy atom. The van der Waals surface area contributed by atoms with Crippen molar-refractivity contribution in [1.82, 2.24) is 9.97 Å². The van der Waals surface area contributed by atoms with Crippen molar-refractivity contribution in [3.63, 3.8) is 0 Å². The molecular formula is C12H14N6O3S. The van der Waals surface area contributed by atoms with Gasteiger partial charge in [-0.25, -0.2) is 9.97 Å². The van der Waals surface area contributed by atoms with Gasteiger partial charge in [0.1, 0.15) is 29.9 Å². The van der Waals surface area contributed by atoms with Crippen LogP contribution in [0.4, 0.5) is 5.82 Å². The second-order valence-corrected chi connectivity index (χ2v) is 6.13.